The fourth-order valence-electron chi connectivity index (χ4n) is 3.25. The van der Waals surface area contributed by atoms with Crippen molar-refractivity contribution in [2.45, 2.75) is 58.5 Å². The van der Waals surface area contributed by atoms with Crippen LogP contribution in [-0.2, 0) is 9.53 Å². The van der Waals surface area contributed by atoms with E-state index in [2.05, 4.69) is 0 Å². The molecule has 0 N–H and O–H groups in total. The third-order valence-corrected chi connectivity index (χ3v) is 5.10. The van der Waals surface area contributed by atoms with E-state index in [0.29, 0.717) is 23.6 Å². The number of carbonyl (C=O) groups is 2. The molecule has 0 radical (unpaired) electrons. The van der Waals surface area contributed by atoms with Gasteiger partial charge in [-0.05, 0) is 75.2 Å². The third kappa shape index (κ3) is 8.62. The molecule has 0 saturated heterocycles. The van der Waals surface area contributed by atoms with Gasteiger partial charge in [-0.1, -0.05) is 30.9 Å². The maximum atomic E-state index is 13.1. The first-order chi connectivity index (χ1) is 14.9. The highest BCUT2D eigenvalue weighted by molar-refractivity contribution is 6.30. The molecule has 0 saturated carbocycles. The van der Waals surface area contributed by atoms with Gasteiger partial charge in [-0.3, -0.25) is 9.59 Å². The molecule has 0 spiro atoms. The second kappa shape index (κ2) is 13.0. The van der Waals surface area contributed by atoms with Gasteiger partial charge in [0.05, 0.1) is 13.2 Å². The number of nitrogens with zero attached hydrogens (tertiary/aromatic N) is 1. The SMILES string of the molecule is COc1ccc(N(CCCCCCCC(=O)OC(C)C)C(=O)c2ccc(Cl)cc2)cc1. The first-order valence-electron chi connectivity index (χ1n) is 10.8. The molecular formula is C25H32ClNO4. The molecule has 168 valence electrons. The van der Waals surface area contributed by atoms with Crippen molar-refractivity contribution < 1.29 is 19.1 Å². The molecule has 5 nitrogen and oxygen atoms in total. The zero-order valence-electron chi connectivity index (χ0n) is 18.6. The molecule has 2 rings (SSSR count). The number of hydrogen-bond donors (Lipinski definition) is 0. The molecule has 0 atom stereocenters. The van der Waals surface area contributed by atoms with Crippen LogP contribution in [0.3, 0.4) is 0 Å². The summed E-state index contributed by atoms with van der Waals surface area (Å²) in [6.45, 7) is 4.33. The van der Waals surface area contributed by atoms with Gasteiger partial charge in [0.1, 0.15) is 5.75 Å². The molecule has 0 fully saturated rings. The fourth-order valence-corrected chi connectivity index (χ4v) is 3.38. The van der Waals surface area contributed by atoms with Crippen molar-refractivity contribution in [3.8, 4) is 5.75 Å². The van der Waals surface area contributed by atoms with E-state index in [1.807, 2.05) is 38.1 Å². The van der Waals surface area contributed by atoms with E-state index >= 15 is 0 Å². The summed E-state index contributed by atoms with van der Waals surface area (Å²) in [7, 11) is 1.62. The molecule has 2 aromatic carbocycles. The molecule has 0 aliphatic rings. The second-order valence-corrected chi connectivity index (χ2v) is 8.15. The summed E-state index contributed by atoms with van der Waals surface area (Å²) in [5, 5.41) is 0.602. The number of carbonyl (C=O) groups excluding carboxylic acids is 2. The van der Waals surface area contributed by atoms with Crippen molar-refractivity contribution in [3.05, 3.63) is 59.1 Å². The summed E-state index contributed by atoms with van der Waals surface area (Å²) in [4.78, 5) is 26.5. The molecule has 1 amide bonds. The third-order valence-electron chi connectivity index (χ3n) is 4.85. The van der Waals surface area contributed by atoms with E-state index < -0.39 is 0 Å². The van der Waals surface area contributed by atoms with E-state index in [1.165, 1.54) is 0 Å². The Bertz CT molecular complexity index is 818. The Balaban J connectivity index is 1.89. The molecule has 2 aromatic rings. The summed E-state index contributed by atoms with van der Waals surface area (Å²) in [5.74, 6) is 0.561. The Morgan fingerprint density at radius 3 is 2.13 bits per heavy atom. The van der Waals surface area contributed by atoms with Crippen molar-refractivity contribution in [3.63, 3.8) is 0 Å². The maximum absolute atomic E-state index is 13.1. The summed E-state index contributed by atoms with van der Waals surface area (Å²) in [6, 6.07) is 14.5. The monoisotopic (exact) mass is 445 g/mol. The molecule has 0 unspecified atom stereocenters. The zero-order valence-corrected chi connectivity index (χ0v) is 19.4. The number of hydrogen-bond acceptors (Lipinski definition) is 4. The summed E-state index contributed by atoms with van der Waals surface area (Å²) < 4.78 is 10.4. The standard InChI is InChI=1S/C25H32ClNO4/c1-19(2)31-24(28)9-7-5-4-6-8-18-27(22-14-16-23(30-3)17-15-22)25(29)20-10-12-21(26)13-11-20/h10-17,19H,4-9,18H2,1-3H3. The molecule has 0 aliphatic carbocycles. The zero-order chi connectivity index (χ0) is 22.6. The molecule has 0 heterocycles. The van der Waals surface area contributed by atoms with Gasteiger partial charge in [0, 0.05) is 29.2 Å². The molecular weight excluding hydrogens is 414 g/mol. The topological polar surface area (TPSA) is 55.8 Å². The summed E-state index contributed by atoms with van der Waals surface area (Å²) >= 11 is 5.97. The Hall–Kier alpha value is -2.53. The average molecular weight is 446 g/mol. The molecule has 0 bridgehead atoms. The highest BCUT2D eigenvalue weighted by atomic mass is 35.5. The van der Waals surface area contributed by atoms with Gasteiger partial charge < -0.3 is 14.4 Å². The number of unbranched alkanes of at least 4 members (excludes halogenated alkanes) is 4. The first kappa shape index (κ1) is 24.7. The van der Waals surface area contributed by atoms with Crippen LogP contribution in [0.2, 0.25) is 5.02 Å². The Kier molecular flexibility index (Phi) is 10.4. The van der Waals surface area contributed by atoms with Crippen LogP contribution in [0.25, 0.3) is 0 Å². The van der Waals surface area contributed by atoms with Gasteiger partial charge in [-0.25, -0.2) is 0 Å². The second-order valence-electron chi connectivity index (χ2n) is 7.72. The van der Waals surface area contributed by atoms with Crippen molar-refractivity contribution in [2.24, 2.45) is 0 Å². The average Bonchev–Trinajstić information content (AvgIpc) is 2.75. The minimum atomic E-state index is -0.130. The number of esters is 1. The maximum Gasteiger partial charge on any atom is 0.306 e. The van der Waals surface area contributed by atoms with Gasteiger partial charge in [-0.15, -0.1) is 0 Å². The lowest BCUT2D eigenvalue weighted by Gasteiger charge is -2.23. The predicted molar refractivity (Wildman–Crippen MR) is 125 cm³/mol. The van der Waals surface area contributed by atoms with Gasteiger partial charge in [0.2, 0.25) is 0 Å². The van der Waals surface area contributed by atoms with Crippen molar-refractivity contribution in [1.29, 1.82) is 0 Å². The van der Waals surface area contributed by atoms with Gasteiger partial charge in [-0.2, -0.15) is 0 Å². The molecule has 0 aliphatic heterocycles. The van der Waals surface area contributed by atoms with Gasteiger partial charge in [0.25, 0.3) is 5.91 Å². The lowest BCUT2D eigenvalue weighted by atomic mass is 10.1. The summed E-state index contributed by atoms with van der Waals surface area (Å²) in [6.07, 6.45) is 5.08. The van der Waals surface area contributed by atoms with Crippen LogP contribution in [0.4, 0.5) is 5.69 Å². The Labute approximate surface area is 190 Å². The minimum absolute atomic E-state index is 0.0572. The van der Waals surface area contributed by atoms with E-state index in [4.69, 9.17) is 21.1 Å². The van der Waals surface area contributed by atoms with Crippen LogP contribution in [0.5, 0.6) is 5.75 Å². The number of methoxy groups -OCH3 is 1. The number of anilines is 1. The van der Waals surface area contributed by atoms with E-state index in [9.17, 15) is 9.59 Å². The van der Waals surface area contributed by atoms with Crippen molar-refractivity contribution in [2.75, 3.05) is 18.6 Å². The molecule has 6 heteroatoms. The van der Waals surface area contributed by atoms with Gasteiger partial charge >= 0.3 is 5.97 Å². The largest absolute Gasteiger partial charge is 0.497 e. The van der Waals surface area contributed by atoms with Crippen LogP contribution in [0, 0.1) is 0 Å². The normalized spacial score (nSPS) is 10.7. The van der Waals surface area contributed by atoms with Crippen LogP contribution in [0.15, 0.2) is 48.5 Å². The lowest BCUT2D eigenvalue weighted by molar-refractivity contribution is -0.147. The number of amides is 1. The van der Waals surface area contributed by atoms with Crippen molar-refractivity contribution in [1.82, 2.24) is 0 Å². The lowest BCUT2D eigenvalue weighted by Crippen LogP contribution is -2.31. The van der Waals surface area contributed by atoms with Crippen LogP contribution < -0.4 is 9.64 Å². The number of benzene rings is 2. The highest BCUT2D eigenvalue weighted by Crippen LogP contribution is 2.23. The predicted octanol–water partition coefficient (Wildman–Crippen LogP) is 6.29. The smallest absolute Gasteiger partial charge is 0.306 e. The Morgan fingerprint density at radius 1 is 0.903 bits per heavy atom. The Morgan fingerprint density at radius 2 is 1.52 bits per heavy atom. The van der Waals surface area contributed by atoms with Crippen molar-refractivity contribution >= 4 is 29.2 Å². The van der Waals surface area contributed by atoms with Crippen LogP contribution in [-0.4, -0.2) is 31.6 Å². The fraction of sp³-hybridized carbons (Fsp3) is 0.440. The molecule has 31 heavy (non-hydrogen) atoms. The molecule has 0 aromatic heterocycles. The first-order valence-corrected chi connectivity index (χ1v) is 11.2. The van der Waals surface area contributed by atoms with Crippen LogP contribution >= 0.6 is 11.6 Å². The van der Waals surface area contributed by atoms with Gasteiger partial charge in [0.15, 0.2) is 0 Å². The highest BCUT2D eigenvalue weighted by Gasteiger charge is 2.17. The minimum Gasteiger partial charge on any atom is -0.497 e. The van der Waals surface area contributed by atoms with E-state index in [-0.39, 0.29) is 18.0 Å². The number of halogens is 1. The van der Waals surface area contributed by atoms with E-state index in [0.717, 1.165) is 43.5 Å². The van der Waals surface area contributed by atoms with E-state index in [1.54, 1.807) is 36.3 Å². The van der Waals surface area contributed by atoms with Crippen LogP contribution in [0.1, 0.15) is 62.7 Å². The number of rotatable bonds is 12. The quantitative estimate of drug-likeness (QED) is 0.284. The number of ether oxygens (including phenoxy) is 2. The summed E-state index contributed by atoms with van der Waals surface area (Å²) in [5.41, 5.74) is 1.43.